The van der Waals surface area contributed by atoms with Gasteiger partial charge in [0.05, 0.1) is 0 Å². The zero-order chi connectivity index (χ0) is 20.0. The number of methoxy groups -OCH3 is 1. The molecule has 2 aromatic carbocycles. The lowest BCUT2D eigenvalue weighted by molar-refractivity contribution is -0.274. The number of nitrogens with two attached hydrogens (primary N) is 1. The molecule has 152 valence electrons. The van der Waals surface area contributed by atoms with Crippen molar-refractivity contribution in [2.45, 2.75) is 19.0 Å². The van der Waals surface area contributed by atoms with E-state index in [9.17, 15) is 18.0 Å². The van der Waals surface area contributed by atoms with Crippen molar-refractivity contribution in [1.29, 1.82) is 5.41 Å². The quantitative estimate of drug-likeness (QED) is 0.475. The van der Waals surface area contributed by atoms with Crippen molar-refractivity contribution in [2.75, 3.05) is 7.11 Å². The first-order valence-electron chi connectivity index (χ1n) is 7.79. The summed E-state index contributed by atoms with van der Waals surface area (Å²) in [5, 5.41) is 10.0. The summed E-state index contributed by atoms with van der Waals surface area (Å²) < 4.78 is 45.5. The fourth-order valence-electron chi connectivity index (χ4n) is 2.32. The molecule has 10 heteroatoms. The summed E-state index contributed by atoms with van der Waals surface area (Å²) in [6.07, 6.45) is -5.77. The SMILES string of the molecule is COC(C(=O)NCc1ccc(C(=N)N)cc1)c1ccc(OC(F)(F)F)cc1.Cl. The average Bonchev–Trinajstić information content (AvgIpc) is 2.61. The van der Waals surface area contributed by atoms with Crippen LogP contribution in [-0.4, -0.2) is 25.2 Å². The second-order valence-corrected chi connectivity index (χ2v) is 5.56. The van der Waals surface area contributed by atoms with Gasteiger partial charge in [-0.3, -0.25) is 10.2 Å². The Morgan fingerprint density at radius 1 is 1.14 bits per heavy atom. The van der Waals surface area contributed by atoms with Gasteiger partial charge in [-0.1, -0.05) is 36.4 Å². The van der Waals surface area contributed by atoms with Crippen LogP contribution in [0.3, 0.4) is 0 Å². The number of benzene rings is 2. The van der Waals surface area contributed by atoms with Crippen LogP contribution in [0.5, 0.6) is 5.75 Å². The standard InChI is InChI=1S/C18H18F3N3O3.ClH/c1-26-15(12-6-8-14(9-7-12)27-18(19,20)21)17(25)24-10-11-2-4-13(5-3-11)16(22)23;/h2-9,15H,10H2,1H3,(H3,22,23)(H,24,25);1H. The number of amidine groups is 1. The Labute approximate surface area is 165 Å². The van der Waals surface area contributed by atoms with Gasteiger partial charge in [-0.15, -0.1) is 25.6 Å². The molecule has 0 heterocycles. The number of ether oxygens (including phenoxy) is 2. The first-order chi connectivity index (χ1) is 12.7. The molecular weight excluding hydrogens is 399 g/mol. The number of amides is 1. The molecule has 4 N–H and O–H groups in total. The summed E-state index contributed by atoms with van der Waals surface area (Å²) in [5.41, 5.74) is 7.12. The van der Waals surface area contributed by atoms with Crippen LogP contribution >= 0.6 is 12.4 Å². The molecule has 0 saturated heterocycles. The van der Waals surface area contributed by atoms with E-state index in [1.807, 2.05) is 0 Å². The predicted octanol–water partition coefficient (Wildman–Crippen LogP) is 3.29. The van der Waals surface area contributed by atoms with Gasteiger partial charge in [0.15, 0.2) is 6.10 Å². The number of hydrogen-bond acceptors (Lipinski definition) is 4. The van der Waals surface area contributed by atoms with E-state index < -0.39 is 18.4 Å². The zero-order valence-electron chi connectivity index (χ0n) is 14.7. The second-order valence-electron chi connectivity index (χ2n) is 5.56. The van der Waals surface area contributed by atoms with Crippen LogP contribution < -0.4 is 15.8 Å². The van der Waals surface area contributed by atoms with Crippen LogP contribution in [0.15, 0.2) is 48.5 Å². The maximum Gasteiger partial charge on any atom is 0.573 e. The number of hydrogen-bond donors (Lipinski definition) is 3. The van der Waals surface area contributed by atoms with Gasteiger partial charge >= 0.3 is 6.36 Å². The van der Waals surface area contributed by atoms with E-state index in [0.717, 1.165) is 17.7 Å². The largest absolute Gasteiger partial charge is 0.573 e. The molecule has 2 rings (SSSR count). The van der Waals surface area contributed by atoms with Crippen molar-refractivity contribution in [1.82, 2.24) is 5.32 Å². The van der Waals surface area contributed by atoms with Gasteiger partial charge in [0.1, 0.15) is 11.6 Å². The highest BCUT2D eigenvalue weighted by Crippen LogP contribution is 2.25. The lowest BCUT2D eigenvalue weighted by atomic mass is 10.1. The number of rotatable bonds is 7. The molecule has 0 aromatic heterocycles. The summed E-state index contributed by atoms with van der Waals surface area (Å²) in [6.45, 7) is 0.214. The minimum atomic E-state index is -4.78. The molecule has 0 bridgehead atoms. The van der Waals surface area contributed by atoms with Crippen LogP contribution in [-0.2, 0) is 16.1 Å². The van der Waals surface area contributed by atoms with Crippen LogP contribution in [0.2, 0.25) is 0 Å². The Balaban J connectivity index is 0.00000392. The summed E-state index contributed by atoms with van der Waals surface area (Å²) in [5.74, 6) is -0.882. The molecule has 0 radical (unpaired) electrons. The van der Waals surface area contributed by atoms with Crippen molar-refractivity contribution < 1.29 is 27.4 Å². The third kappa shape index (κ3) is 6.75. The molecule has 28 heavy (non-hydrogen) atoms. The van der Waals surface area contributed by atoms with Crippen molar-refractivity contribution in [2.24, 2.45) is 5.73 Å². The van der Waals surface area contributed by atoms with Gasteiger partial charge in [0, 0.05) is 19.2 Å². The van der Waals surface area contributed by atoms with Crippen molar-refractivity contribution in [3.63, 3.8) is 0 Å². The molecule has 1 unspecified atom stereocenters. The molecular formula is C18H19ClF3N3O3. The van der Waals surface area contributed by atoms with E-state index >= 15 is 0 Å². The average molecular weight is 418 g/mol. The van der Waals surface area contributed by atoms with Gasteiger partial charge < -0.3 is 20.5 Å². The van der Waals surface area contributed by atoms with Crippen molar-refractivity contribution >= 4 is 24.1 Å². The Morgan fingerprint density at radius 2 is 1.71 bits per heavy atom. The van der Waals surface area contributed by atoms with Gasteiger partial charge in [0.25, 0.3) is 5.91 Å². The maximum absolute atomic E-state index is 12.3. The summed E-state index contributed by atoms with van der Waals surface area (Å²) >= 11 is 0. The van der Waals surface area contributed by atoms with E-state index in [1.165, 1.54) is 19.2 Å². The summed E-state index contributed by atoms with van der Waals surface area (Å²) in [4.78, 5) is 12.3. The topological polar surface area (TPSA) is 97.4 Å². The van der Waals surface area contributed by atoms with Gasteiger partial charge in [-0.05, 0) is 23.3 Å². The Bertz CT molecular complexity index is 796. The number of nitrogen functional groups attached to an aromatic ring is 1. The third-order valence-corrected chi connectivity index (χ3v) is 3.62. The first-order valence-corrected chi connectivity index (χ1v) is 7.79. The highest BCUT2D eigenvalue weighted by Gasteiger charge is 2.31. The van der Waals surface area contributed by atoms with Crippen LogP contribution in [0.1, 0.15) is 22.8 Å². The summed E-state index contributed by atoms with van der Waals surface area (Å²) in [6, 6.07) is 11.7. The highest BCUT2D eigenvalue weighted by atomic mass is 35.5. The van der Waals surface area contributed by atoms with E-state index in [4.69, 9.17) is 15.9 Å². The number of nitrogens with one attached hydrogen (secondary N) is 2. The Hall–Kier alpha value is -2.78. The van der Waals surface area contributed by atoms with Crippen molar-refractivity contribution in [3.8, 4) is 5.75 Å². The van der Waals surface area contributed by atoms with Crippen LogP contribution in [0, 0.1) is 5.41 Å². The van der Waals surface area contributed by atoms with E-state index in [2.05, 4.69) is 10.1 Å². The molecule has 0 aliphatic heterocycles. The van der Waals surface area contributed by atoms with E-state index in [1.54, 1.807) is 24.3 Å². The number of alkyl halides is 3. The number of carbonyl (C=O) groups excluding carboxylic acids is 1. The van der Waals surface area contributed by atoms with E-state index in [-0.39, 0.29) is 30.5 Å². The minimum Gasteiger partial charge on any atom is -0.406 e. The van der Waals surface area contributed by atoms with Crippen molar-refractivity contribution in [3.05, 3.63) is 65.2 Å². The monoisotopic (exact) mass is 417 g/mol. The lowest BCUT2D eigenvalue weighted by Gasteiger charge is -2.16. The third-order valence-electron chi connectivity index (χ3n) is 3.62. The molecule has 0 aliphatic carbocycles. The second kappa shape index (κ2) is 9.95. The first kappa shape index (κ1) is 23.3. The fourth-order valence-corrected chi connectivity index (χ4v) is 2.32. The molecule has 0 aliphatic rings. The molecule has 1 atom stereocenters. The van der Waals surface area contributed by atoms with Gasteiger partial charge in [-0.2, -0.15) is 0 Å². The molecule has 0 fully saturated rings. The van der Waals surface area contributed by atoms with Gasteiger partial charge in [0.2, 0.25) is 0 Å². The number of halogens is 4. The van der Waals surface area contributed by atoms with Gasteiger partial charge in [-0.25, -0.2) is 0 Å². The highest BCUT2D eigenvalue weighted by molar-refractivity contribution is 5.94. The lowest BCUT2D eigenvalue weighted by Crippen LogP contribution is -2.30. The molecule has 0 saturated carbocycles. The van der Waals surface area contributed by atoms with Crippen LogP contribution in [0.25, 0.3) is 0 Å². The number of carbonyl (C=O) groups is 1. The molecule has 6 nitrogen and oxygen atoms in total. The predicted molar refractivity (Wildman–Crippen MR) is 99.4 cm³/mol. The smallest absolute Gasteiger partial charge is 0.406 e. The Morgan fingerprint density at radius 3 is 2.18 bits per heavy atom. The molecule has 2 aromatic rings. The molecule has 0 spiro atoms. The Kier molecular flexibility index (Phi) is 8.27. The summed E-state index contributed by atoms with van der Waals surface area (Å²) in [7, 11) is 1.33. The maximum atomic E-state index is 12.3. The minimum absolute atomic E-state index is 0. The van der Waals surface area contributed by atoms with E-state index in [0.29, 0.717) is 11.1 Å². The zero-order valence-corrected chi connectivity index (χ0v) is 15.6. The fraction of sp³-hybridized carbons (Fsp3) is 0.222. The van der Waals surface area contributed by atoms with Crippen LogP contribution in [0.4, 0.5) is 13.2 Å². The normalized spacial score (nSPS) is 11.9. The molecule has 1 amide bonds.